The van der Waals surface area contributed by atoms with E-state index in [9.17, 15) is 22.8 Å². The molecule has 1 aromatic rings. The van der Waals surface area contributed by atoms with Crippen LogP contribution in [0.4, 0.5) is 14.4 Å². The SMILES string of the molecule is CC(C)(C)OC(=O)NC(=NC[C@@H]1C(c2nccs2)=C[C@@H]2CN1C(=O)N2OS(=O)(=O)O)NC(=O)OC(C)(C)C. The van der Waals surface area contributed by atoms with Crippen LogP contribution in [-0.2, 0) is 24.2 Å². The summed E-state index contributed by atoms with van der Waals surface area (Å²) in [5.74, 6) is -0.299. The van der Waals surface area contributed by atoms with Crippen LogP contribution in [0.1, 0.15) is 46.6 Å². The summed E-state index contributed by atoms with van der Waals surface area (Å²) in [7, 11) is -4.96. The number of rotatable bonds is 5. The zero-order valence-electron chi connectivity index (χ0n) is 21.6. The van der Waals surface area contributed by atoms with Crippen molar-refractivity contribution in [1.29, 1.82) is 0 Å². The Labute approximate surface area is 223 Å². The molecule has 0 radical (unpaired) electrons. The van der Waals surface area contributed by atoms with E-state index in [1.165, 1.54) is 16.2 Å². The highest BCUT2D eigenvalue weighted by molar-refractivity contribution is 7.80. The number of aromatic nitrogens is 1. The second-order valence-corrected chi connectivity index (χ2v) is 12.1. The molecule has 0 unspecified atom stereocenters. The van der Waals surface area contributed by atoms with Gasteiger partial charge in [0.05, 0.1) is 18.6 Å². The molecule has 1 saturated heterocycles. The molecule has 15 nitrogen and oxygen atoms in total. The molecule has 0 aromatic carbocycles. The van der Waals surface area contributed by atoms with E-state index >= 15 is 0 Å². The maximum absolute atomic E-state index is 13.0. The maximum atomic E-state index is 13.0. The molecule has 1 aromatic heterocycles. The molecule has 17 heteroatoms. The molecule has 4 amide bonds. The summed E-state index contributed by atoms with van der Waals surface area (Å²) in [5.41, 5.74) is -1.14. The summed E-state index contributed by atoms with van der Waals surface area (Å²) in [4.78, 5) is 47.6. The number of amides is 4. The van der Waals surface area contributed by atoms with Crippen LogP contribution in [0.15, 0.2) is 22.6 Å². The fraction of sp³-hybridized carbons (Fsp3) is 0.571. The summed E-state index contributed by atoms with van der Waals surface area (Å²) in [6.45, 7) is 9.80. The number of aliphatic imine (C=N–C) groups is 1. The molecule has 2 bridgehead atoms. The summed E-state index contributed by atoms with van der Waals surface area (Å²) < 4.78 is 46.7. The van der Waals surface area contributed by atoms with Crippen molar-refractivity contribution >= 4 is 51.5 Å². The fourth-order valence-corrected chi connectivity index (χ4v) is 4.63. The first-order valence-corrected chi connectivity index (χ1v) is 13.6. The molecular weight excluding hydrogens is 544 g/mol. The first-order valence-electron chi connectivity index (χ1n) is 11.3. The highest BCUT2D eigenvalue weighted by Gasteiger charge is 2.48. The lowest BCUT2D eigenvalue weighted by molar-refractivity contribution is -0.0185. The Kier molecular flexibility index (Phi) is 8.35. The van der Waals surface area contributed by atoms with Crippen LogP contribution in [0.2, 0.25) is 0 Å². The number of guanidine groups is 1. The number of alkyl carbamates (subject to hydrolysis) is 2. The summed E-state index contributed by atoms with van der Waals surface area (Å²) in [6.07, 6.45) is 1.36. The van der Waals surface area contributed by atoms with Crippen molar-refractivity contribution in [2.24, 2.45) is 4.99 Å². The lowest BCUT2D eigenvalue weighted by atomic mass is 9.99. The van der Waals surface area contributed by atoms with Crippen molar-refractivity contribution in [2.75, 3.05) is 13.1 Å². The molecule has 38 heavy (non-hydrogen) atoms. The largest absolute Gasteiger partial charge is 0.444 e. The van der Waals surface area contributed by atoms with Crippen LogP contribution in [0.25, 0.3) is 5.57 Å². The Balaban J connectivity index is 1.91. The van der Waals surface area contributed by atoms with Gasteiger partial charge in [0.15, 0.2) is 0 Å². The van der Waals surface area contributed by atoms with Gasteiger partial charge in [0.2, 0.25) is 5.96 Å². The number of urea groups is 1. The number of nitrogens with one attached hydrogen (secondary N) is 2. The predicted octanol–water partition coefficient (Wildman–Crippen LogP) is 2.15. The highest BCUT2D eigenvalue weighted by atomic mass is 32.3. The molecule has 0 saturated carbocycles. The normalized spacial score (nSPS) is 19.6. The van der Waals surface area contributed by atoms with E-state index in [1.807, 2.05) is 0 Å². The Hall–Kier alpha value is -3.28. The molecular formula is C21H30N6O9S2. The summed E-state index contributed by atoms with van der Waals surface area (Å²) in [6, 6.07) is -2.46. The van der Waals surface area contributed by atoms with Crippen LogP contribution in [0.3, 0.4) is 0 Å². The Bertz CT molecular complexity index is 1200. The van der Waals surface area contributed by atoms with Crippen LogP contribution in [0, 0.1) is 0 Å². The number of thiazole rings is 1. The molecule has 1 fully saturated rings. The molecule has 0 spiro atoms. The van der Waals surface area contributed by atoms with Gasteiger partial charge in [-0.3, -0.25) is 15.2 Å². The van der Waals surface area contributed by atoms with Crippen LogP contribution in [0.5, 0.6) is 0 Å². The Morgan fingerprint density at radius 3 is 2.21 bits per heavy atom. The molecule has 3 heterocycles. The first kappa shape index (κ1) is 29.3. The lowest BCUT2D eigenvalue weighted by Crippen LogP contribution is -2.48. The molecule has 0 aliphatic carbocycles. The van der Waals surface area contributed by atoms with Crippen LogP contribution in [-0.4, -0.2) is 88.5 Å². The van der Waals surface area contributed by atoms with E-state index < -0.39 is 51.9 Å². The van der Waals surface area contributed by atoms with Gasteiger partial charge < -0.3 is 14.4 Å². The van der Waals surface area contributed by atoms with Crippen LogP contribution >= 0.6 is 11.3 Å². The number of nitrogens with zero attached hydrogens (tertiary/aromatic N) is 4. The monoisotopic (exact) mass is 574 g/mol. The molecule has 3 N–H and O–H groups in total. The maximum Gasteiger partial charge on any atom is 0.418 e. The number of hydrogen-bond acceptors (Lipinski definition) is 11. The molecule has 210 valence electrons. The van der Waals surface area contributed by atoms with Crippen molar-refractivity contribution in [2.45, 2.75) is 64.8 Å². The number of fused-ring (bicyclic) bond motifs is 2. The average molecular weight is 575 g/mol. The van der Waals surface area contributed by atoms with Crippen molar-refractivity contribution in [3.63, 3.8) is 0 Å². The van der Waals surface area contributed by atoms with Crippen molar-refractivity contribution in [3.8, 4) is 0 Å². The molecule has 2 atom stereocenters. The van der Waals surface area contributed by atoms with E-state index in [1.54, 1.807) is 59.2 Å². The lowest BCUT2D eigenvalue weighted by Gasteiger charge is -2.30. The fourth-order valence-electron chi connectivity index (χ4n) is 3.54. The topological polar surface area (TPSA) is 189 Å². The third-order valence-corrected chi connectivity index (χ3v) is 5.91. The van der Waals surface area contributed by atoms with Gasteiger partial charge >= 0.3 is 28.6 Å². The van der Waals surface area contributed by atoms with E-state index in [0.29, 0.717) is 15.6 Å². The Morgan fingerprint density at radius 1 is 1.16 bits per heavy atom. The second-order valence-electron chi connectivity index (χ2n) is 10.2. The van der Waals surface area contributed by atoms with Gasteiger partial charge in [0.25, 0.3) is 0 Å². The van der Waals surface area contributed by atoms with Crippen molar-refractivity contribution in [1.82, 2.24) is 25.6 Å². The van der Waals surface area contributed by atoms with Gasteiger partial charge in [-0.1, -0.05) is 0 Å². The van der Waals surface area contributed by atoms with E-state index in [2.05, 4.69) is 24.9 Å². The van der Waals surface area contributed by atoms with Gasteiger partial charge in [-0.15, -0.1) is 15.6 Å². The van der Waals surface area contributed by atoms with Crippen LogP contribution < -0.4 is 10.6 Å². The highest BCUT2D eigenvalue weighted by Crippen LogP contribution is 2.35. The number of hydroxylamine groups is 2. The van der Waals surface area contributed by atoms with Gasteiger partial charge in [0.1, 0.15) is 16.2 Å². The smallest absolute Gasteiger partial charge is 0.418 e. The third kappa shape index (κ3) is 8.11. The first-order chi connectivity index (χ1) is 17.4. The average Bonchev–Trinajstić information content (AvgIpc) is 3.33. The third-order valence-electron chi connectivity index (χ3n) is 4.74. The minimum atomic E-state index is -4.96. The zero-order chi connectivity index (χ0) is 28.5. The number of ether oxygens (including phenoxy) is 2. The minimum absolute atomic E-state index is 0.0255. The van der Waals surface area contributed by atoms with E-state index in [0.717, 1.165) is 0 Å². The van der Waals surface area contributed by atoms with Gasteiger partial charge in [-0.2, -0.15) is 13.5 Å². The number of hydrogen-bond donors (Lipinski definition) is 3. The quantitative estimate of drug-likeness (QED) is 0.267. The van der Waals surface area contributed by atoms with E-state index in [-0.39, 0.29) is 19.0 Å². The van der Waals surface area contributed by atoms with Crippen molar-refractivity contribution in [3.05, 3.63) is 22.7 Å². The second kappa shape index (κ2) is 10.8. The summed E-state index contributed by atoms with van der Waals surface area (Å²) >= 11 is 1.28. The Morgan fingerprint density at radius 2 is 1.74 bits per heavy atom. The summed E-state index contributed by atoms with van der Waals surface area (Å²) in [5, 5.41) is 7.53. The van der Waals surface area contributed by atoms with Gasteiger partial charge in [-0.05, 0) is 47.6 Å². The molecule has 3 rings (SSSR count). The molecule has 2 aliphatic rings. The number of carbonyl (C=O) groups excluding carboxylic acids is 3. The molecule has 2 aliphatic heterocycles. The van der Waals surface area contributed by atoms with Gasteiger partial charge in [0, 0.05) is 23.7 Å². The van der Waals surface area contributed by atoms with E-state index in [4.69, 9.17) is 14.0 Å². The zero-order valence-corrected chi connectivity index (χ0v) is 23.3. The minimum Gasteiger partial charge on any atom is -0.444 e. The standard InChI is InChI=1S/C21H30N6O9S2/c1-20(2,3)34-17(28)24-16(25-18(29)35-21(4,5)6)23-10-14-13(15-22-7-8-37-15)9-12-11-26(14)19(30)27(12)36-38(31,32)33/h7-9,12,14H,10-11H2,1-6H3,(H,31,32,33)(H2,23,24,25,28,29)/t12-,14-/m1/s1. The number of carbonyl (C=O) groups is 3. The van der Waals surface area contributed by atoms with Crippen molar-refractivity contribution < 1.29 is 41.1 Å². The predicted molar refractivity (Wildman–Crippen MR) is 135 cm³/mol. The van der Waals surface area contributed by atoms with Gasteiger partial charge in [-0.25, -0.2) is 24.4 Å².